The summed E-state index contributed by atoms with van der Waals surface area (Å²) in [7, 11) is -2.69. The summed E-state index contributed by atoms with van der Waals surface area (Å²) in [5.41, 5.74) is 2.38. The second-order valence-corrected chi connectivity index (χ2v) is 6.25. The second-order valence-electron chi connectivity index (χ2n) is 5.51. The van der Waals surface area contributed by atoms with Crippen LogP contribution in [0.5, 0.6) is 0 Å². The van der Waals surface area contributed by atoms with Crippen LogP contribution in [0.2, 0.25) is 0 Å². The van der Waals surface area contributed by atoms with E-state index in [0.717, 1.165) is 16.7 Å². The summed E-state index contributed by atoms with van der Waals surface area (Å²) in [5, 5.41) is 0. The number of hydrogen-bond acceptors (Lipinski definition) is 2. The number of hydrogen-bond donors (Lipinski definition) is 1. The van der Waals surface area contributed by atoms with Crippen LogP contribution in [-0.2, 0) is 14.5 Å². The Hall–Kier alpha value is -2.32. The fourth-order valence-electron chi connectivity index (χ4n) is 3.07. The molecular weight excluding hydrogens is 319 g/mol. The Kier molecular flexibility index (Phi) is 5.17. The first-order valence-electron chi connectivity index (χ1n) is 7.69. The van der Waals surface area contributed by atoms with Crippen LogP contribution in [0, 0.1) is 0 Å². The number of benzene rings is 3. The van der Waals surface area contributed by atoms with Gasteiger partial charge in [0.2, 0.25) is 0 Å². The highest BCUT2D eigenvalue weighted by atomic mass is 31.1. The van der Waals surface area contributed by atoms with Gasteiger partial charge in [-0.2, -0.15) is 0 Å². The third-order valence-electron chi connectivity index (χ3n) is 4.19. The molecule has 24 heavy (non-hydrogen) atoms. The van der Waals surface area contributed by atoms with Crippen LogP contribution in [0.1, 0.15) is 16.7 Å². The van der Waals surface area contributed by atoms with E-state index >= 15 is 0 Å². The molecule has 0 bridgehead atoms. The lowest BCUT2D eigenvalue weighted by molar-refractivity contribution is 0.243. The van der Waals surface area contributed by atoms with Gasteiger partial charge in [-0.05, 0) is 16.7 Å². The van der Waals surface area contributed by atoms with E-state index in [9.17, 15) is 9.46 Å². The smallest absolute Gasteiger partial charge is 0.133 e. The Labute approximate surface area is 142 Å². The molecule has 1 N–H and O–H groups in total. The standard InChI is InChI=1S/C20H17O3P/c21-24(22)23-16-20(17-10-4-1-5-11-17,18-12-6-2-7-13-18)19-14-8-3-9-15-19/h1-15H,16H2/p+1. The molecule has 0 aliphatic heterocycles. The zero-order chi connectivity index (χ0) is 16.8. The monoisotopic (exact) mass is 337 g/mol. The molecule has 1 unspecified atom stereocenters. The molecule has 0 aliphatic rings. The summed E-state index contributed by atoms with van der Waals surface area (Å²) in [5.74, 6) is 0. The van der Waals surface area contributed by atoms with Gasteiger partial charge in [-0.1, -0.05) is 91.0 Å². The third kappa shape index (κ3) is 3.29. The fraction of sp³-hybridized carbons (Fsp3) is 0.100. The summed E-state index contributed by atoms with van der Waals surface area (Å²) in [6.07, 6.45) is 0. The zero-order valence-electron chi connectivity index (χ0n) is 13.1. The first-order chi connectivity index (χ1) is 11.7. The molecule has 1 atom stereocenters. The maximum absolute atomic E-state index is 11.3. The van der Waals surface area contributed by atoms with Crippen molar-refractivity contribution in [1.82, 2.24) is 0 Å². The van der Waals surface area contributed by atoms with Crippen molar-refractivity contribution >= 4 is 8.25 Å². The average molecular weight is 337 g/mol. The molecule has 0 heterocycles. The summed E-state index contributed by atoms with van der Waals surface area (Å²) in [4.78, 5) is 9.24. The van der Waals surface area contributed by atoms with Gasteiger partial charge in [0.15, 0.2) is 0 Å². The van der Waals surface area contributed by atoms with Crippen LogP contribution in [0.3, 0.4) is 0 Å². The maximum Gasteiger partial charge on any atom is 0.694 e. The summed E-state index contributed by atoms with van der Waals surface area (Å²) in [6, 6.07) is 29.8. The van der Waals surface area contributed by atoms with E-state index in [4.69, 9.17) is 4.52 Å². The molecule has 3 rings (SSSR count). The van der Waals surface area contributed by atoms with Crippen molar-refractivity contribution in [3.05, 3.63) is 108 Å². The minimum atomic E-state index is -2.69. The lowest BCUT2D eigenvalue weighted by atomic mass is 9.70. The Bertz CT molecular complexity index is 692. The van der Waals surface area contributed by atoms with Crippen molar-refractivity contribution in [2.24, 2.45) is 0 Å². The van der Waals surface area contributed by atoms with Crippen LogP contribution in [0.4, 0.5) is 0 Å². The van der Waals surface area contributed by atoms with Gasteiger partial charge in [0, 0.05) is 4.57 Å². The number of rotatable bonds is 6. The minimum Gasteiger partial charge on any atom is -0.133 e. The van der Waals surface area contributed by atoms with Crippen molar-refractivity contribution < 1.29 is 14.0 Å². The summed E-state index contributed by atoms with van der Waals surface area (Å²) >= 11 is 0. The molecule has 0 saturated carbocycles. The molecule has 0 radical (unpaired) electrons. The molecule has 0 saturated heterocycles. The predicted molar refractivity (Wildman–Crippen MR) is 95.0 cm³/mol. The van der Waals surface area contributed by atoms with Crippen LogP contribution in [0.15, 0.2) is 91.0 Å². The van der Waals surface area contributed by atoms with Crippen molar-refractivity contribution in [1.29, 1.82) is 0 Å². The first-order valence-corrected chi connectivity index (χ1v) is 8.82. The second kappa shape index (κ2) is 7.50. The lowest BCUT2D eigenvalue weighted by Gasteiger charge is -2.33. The topological polar surface area (TPSA) is 46.5 Å². The van der Waals surface area contributed by atoms with Gasteiger partial charge in [0.05, 0.1) is 5.41 Å². The zero-order valence-corrected chi connectivity index (χ0v) is 14.0. The Morgan fingerprint density at radius 2 is 1.04 bits per heavy atom. The molecule has 0 spiro atoms. The van der Waals surface area contributed by atoms with E-state index in [0.29, 0.717) is 0 Å². The van der Waals surface area contributed by atoms with Gasteiger partial charge in [-0.15, -0.1) is 9.42 Å². The van der Waals surface area contributed by atoms with Gasteiger partial charge in [-0.3, -0.25) is 0 Å². The quantitative estimate of drug-likeness (QED) is 0.524. The summed E-state index contributed by atoms with van der Waals surface area (Å²) < 4.78 is 16.5. The van der Waals surface area contributed by atoms with Gasteiger partial charge in [0.25, 0.3) is 0 Å². The van der Waals surface area contributed by atoms with Crippen molar-refractivity contribution in [2.75, 3.05) is 6.61 Å². The highest BCUT2D eigenvalue weighted by Gasteiger charge is 2.39. The molecular formula is C20H18O3P+. The first kappa shape index (κ1) is 16.5. The van der Waals surface area contributed by atoms with E-state index in [1.54, 1.807) is 0 Å². The van der Waals surface area contributed by atoms with E-state index < -0.39 is 13.7 Å². The normalized spacial score (nSPS) is 12.0. The van der Waals surface area contributed by atoms with Crippen LogP contribution >= 0.6 is 8.25 Å². The molecule has 120 valence electrons. The van der Waals surface area contributed by atoms with Crippen LogP contribution in [0.25, 0.3) is 0 Å². The molecule has 3 aromatic rings. The van der Waals surface area contributed by atoms with Crippen LogP contribution < -0.4 is 0 Å². The maximum atomic E-state index is 11.3. The lowest BCUT2D eigenvalue weighted by Crippen LogP contribution is -2.34. The van der Waals surface area contributed by atoms with Crippen LogP contribution in [-0.4, -0.2) is 11.5 Å². The van der Waals surface area contributed by atoms with E-state index in [1.165, 1.54) is 0 Å². The van der Waals surface area contributed by atoms with Crippen molar-refractivity contribution in [3.63, 3.8) is 0 Å². The molecule has 4 heteroatoms. The highest BCUT2D eigenvalue weighted by molar-refractivity contribution is 7.32. The fourth-order valence-corrected chi connectivity index (χ4v) is 3.37. The molecule has 0 aliphatic carbocycles. The largest absolute Gasteiger partial charge is 0.694 e. The van der Waals surface area contributed by atoms with Gasteiger partial charge < -0.3 is 0 Å². The van der Waals surface area contributed by atoms with E-state index in [1.807, 2.05) is 91.0 Å². The molecule has 0 amide bonds. The molecule has 0 fully saturated rings. The van der Waals surface area contributed by atoms with Crippen molar-refractivity contribution in [2.45, 2.75) is 5.41 Å². The third-order valence-corrected chi connectivity index (χ3v) is 4.54. The Morgan fingerprint density at radius 1 is 0.708 bits per heavy atom. The molecule has 3 aromatic carbocycles. The minimum absolute atomic E-state index is 0.0801. The molecule has 0 aromatic heterocycles. The molecule has 3 nitrogen and oxygen atoms in total. The Morgan fingerprint density at radius 3 is 1.33 bits per heavy atom. The van der Waals surface area contributed by atoms with Gasteiger partial charge in [0.1, 0.15) is 6.61 Å². The predicted octanol–water partition coefficient (Wildman–Crippen LogP) is 4.69. The Balaban J connectivity index is 2.26. The van der Waals surface area contributed by atoms with E-state index in [2.05, 4.69) is 0 Å². The van der Waals surface area contributed by atoms with Crippen molar-refractivity contribution in [3.8, 4) is 0 Å². The summed E-state index contributed by atoms with van der Waals surface area (Å²) in [6.45, 7) is 0.0801. The van der Waals surface area contributed by atoms with Gasteiger partial charge >= 0.3 is 8.25 Å². The SMILES string of the molecule is O=[P+](O)OCC(c1ccccc1)(c1ccccc1)c1ccccc1. The van der Waals surface area contributed by atoms with E-state index in [-0.39, 0.29) is 6.61 Å². The average Bonchev–Trinajstić information content (AvgIpc) is 2.65. The highest BCUT2D eigenvalue weighted by Crippen LogP contribution is 2.41. The van der Waals surface area contributed by atoms with Gasteiger partial charge in [-0.25, -0.2) is 0 Å².